The van der Waals surface area contributed by atoms with Crippen LogP contribution >= 0.6 is 12.4 Å². The topological polar surface area (TPSA) is 90.4 Å². The van der Waals surface area contributed by atoms with Crippen molar-refractivity contribution in [1.82, 2.24) is 4.98 Å². The Hall–Kier alpha value is -1.89. The second kappa shape index (κ2) is 8.20. The number of anilines is 1. The van der Waals surface area contributed by atoms with Crippen molar-refractivity contribution in [3.8, 4) is 11.3 Å². The second-order valence-corrected chi connectivity index (χ2v) is 6.88. The van der Waals surface area contributed by atoms with E-state index in [1.54, 1.807) is 6.20 Å². The maximum Gasteiger partial charge on any atom is 0.241 e. The molecular formula is C19H24ClN3O3. The third-order valence-electron chi connectivity index (χ3n) is 4.96. The van der Waals surface area contributed by atoms with Crippen LogP contribution in [0.1, 0.15) is 37.5 Å². The molecule has 1 unspecified atom stereocenters. The minimum absolute atomic E-state index is 0. The van der Waals surface area contributed by atoms with Gasteiger partial charge in [-0.1, -0.05) is 0 Å². The highest BCUT2D eigenvalue weighted by Gasteiger charge is 2.29. The molecule has 2 heterocycles. The van der Waals surface area contributed by atoms with E-state index in [2.05, 4.69) is 10.3 Å². The first-order valence-electron chi connectivity index (χ1n) is 8.91. The fraction of sp³-hybridized carbons (Fsp3) is 0.474. The summed E-state index contributed by atoms with van der Waals surface area (Å²) in [5.74, 6) is 2.13. The van der Waals surface area contributed by atoms with Gasteiger partial charge in [-0.3, -0.25) is 4.79 Å². The number of carbonyl (C=O) groups is 1. The van der Waals surface area contributed by atoms with Crippen molar-refractivity contribution in [3.05, 3.63) is 36.4 Å². The van der Waals surface area contributed by atoms with Gasteiger partial charge in [0.25, 0.3) is 0 Å². The van der Waals surface area contributed by atoms with Crippen LogP contribution in [0, 0.1) is 5.92 Å². The normalized spacial score (nSPS) is 18.8. The molecule has 4 rings (SSSR count). The lowest BCUT2D eigenvalue weighted by Crippen LogP contribution is -2.43. The van der Waals surface area contributed by atoms with Gasteiger partial charge in [0.2, 0.25) is 5.91 Å². The minimum atomic E-state index is -0.501. The number of ether oxygens (including phenoxy) is 1. The van der Waals surface area contributed by atoms with Crippen molar-refractivity contribution >= 4 is 24.0 Å². The van der Waals surface area contributed by atoms with Gasteiger partial charge in [-0.15, -0.1) is 12.4 Å². The van der Waals surface area contributed by atoms with Gasteiger partial charge in [0.15, 0.2) is 11.7 Å². The second-order valence-electron chi connectivity index (χ2n) is 6.88. The van der Waals surface area contributed by atoms with Crippen molar-refractivity contribution in [3.63, 3.8) is 0 Å². The molecule has 7 heteroatoms. The number of aromatic nitrogens is 1. The van der Waals surface area contributed by atoms with Gasteiger partial charge >= 0.3 is 0 Å². The Balaban J connectivity index is 0.00000196. The highest BCUT2D eigenvalue weighted by atomic mass is 35.5. The lowest BCUT2D eigenvalue weighted by Gasteiger charge is -2.26. The zero-order valence-electron chi connectivity index (χ0n) is 14.5. The first kappa shape index (κ1) is 18.9. The standard InChI is InChI=1S/C19H23N3O3.ClH/c20-17(13-7-9-24-10-8-13)18(23)22-15-5-3-12(4-6-15)16-11-21-19(25-16)14-1-2-14;/h3-6,11,13-14,17H,1-2,7-10,20H2,(H,22,23);1H. The Kier molecular flexibility index (Phi) is 5.96. The van der Waals surface area contributed by atoms with Gasteiger partial charge in [0, 0.05) is 30.4 Å². The smallest absolute Gasteiger partial charge is 0.241 e. The highest BCUT2D eigenvalue weighted by Crippen LogP contribution is 2.40. The zero-order valence-corrected chi connectivity index (χ0v) is 15.3. The van der Waals surface area contributed by atoms with Crippen LogP contribution in [0.15, 0.2) is 34.9 Å². The van der Waals surface area contributed by atoms with Crippen LogP contribution < -0.4 is 11.1 Å². The summed E-state index contributed by atoms with van der Waals surface area (Å²) >= 11 is 0. The van der Waals surface area contributed by atoms with Gasteiger partial charge in [-0.25, -0.2) is 4.98 Å². The van der Waals surface area contributed by atoms with Crippen LogP contribution in [0.3, 0.4) is 0 Å². The number of amides is 1. The Morgan fingerprint density at radius 2 is 1.85 bits per heavy atom. The molecule has 0 spiro atoms. The Morgan fingerprint density at radius 1 is 1.15 bits per heavy atom. The fourth-order valence-electron chi connectivity index (χ4n) is 3.17. The van der Waals surface area contributed by atoms with Gasteiger partial charge in [-0.05, 0) is 55.9 Å². The summed E-state index contributed by atoms with van der Waals surface area (Å²) in [5.41, 5.74) is 7.79. The van der Waals surface area contributed by atoms with Gasteiger partial charge in [0.05, 0.1) is 12.2 Å². The lowest BCUT2D eigenvalue weighted by molar-refractivity contribution is -0.119. The molecule has 2 fully saturated rings. The van der Waals surface area contributed by atoms with Crippen LogP contribution in [0.2, 0.25) is 0 Å². The van der Waals surface area contributed by atoms with Crippen molar-refractivity contribution in [2.24, 2.45) is 11.7 Å². The third-order valence-corrected chi connectivity index (χ3v) is 4.96. The summed E-state index contributed by atoms with van der Waals surface area (Å²) in [7, 11) is 0. The summed E-state index contributed by atoms with van der Waals surface area (Å²) in [6.07, 6.45) is 5.77. The molecule has 3 N–H and O–H groups in total. The summed E-state index contributed by atoms with van der Waals surface area (Å²) in [4.78, 5) is 16.7. The fourth-order valence-corrected chi connectivity index (χ4v) is 3.17. The maximum absolute atomic E-state index is 12.3. The van der Waals surface area contributed by atoms with Gasteiger partial charge < -0.3 is 20.2 Å². The molecule has 2 aromatic rings. The number of nitrogens with zero attached hydrogens (tertiary/aromatic N) is 1. The third kappa shape index (κ3) is 4.26. The van der Waals surface area contributed by atoms with Crippen LogP contribution in [-0.4, -0.2) is 30.1 Å². The van der Waals surface area contributed by atoms with Crippen LogP contribution in [-0.2, 0) is 9.53 Å². The number of nitrogens with two attached hydrogens (primary N) is 1. The SMILES string of the molecule is Cl.NC(C(=O)Nc1ccc(-c2cnc(C3CC3)o2)cc1)C1CCOCC1. The molecule has 1 aliphatic carbocycles. The number of halogens is 1. The average Bonchev–Trinajstić information content (AvgIpc) is 3.39. The number of oxazole rings is 1. The molecule has 1 aliphatic heterocycles. The minimum Gasteiger partial charge on any atom is -0.440 e. The summed E-state index contributed by atoms with van der Waals surface area (Å²) in [6, 6.07) is 7.07. The Bertz CT molecular complexity index is 737. The van der Waals surface area contributed by atoms with Crippen LogP contribution in [0.5, 0.6) is 0 Å². The van der Waals surface area contributed by atoms with E-state index in [0.29, 0.717) is 19.1 Å². The van der Waals surface area contributed by atoms with E-state index >= 15 is 0 Å². The Labute approximate surface area is 158 Å². The van der Waals surface area contributed by atoms with E-state index in [1.807, 2.05) is 24.3 Å². The number of hydrogen-bond donors (Lipinski definition) is 2. The van der Waals surface area contributed by atoms with E-state index in [9.17, 15) is 4.79 Å². The number of nitrogens with one attached hydrogen (secondary N) is 1. The summed E-state index contributed by atoms with van der Waals surface area (Å²) in [5, 5.41) is 2.90. The molecule has 0 radical (unpaired) electrons. The summed E-state index contributed by atoms with van der Waals surface area (Å²) in [6.45, 7) is 1.36. The van der Waals surface area contributed by atoms with Crippen molar-refractivity contribution < 1.29 is 13.9 Å². The molecule has 1 aromatic carbocycles. The summed E-state index contributed by atoms with van der Waals surface area (Å²) < 4.78 is 11.1. The molecule has 6 nitrogen and oxygen atoms in total. The van der Waals surface area contributed by atoms with Gasteiger partial charge in [0.1, 0.15) is 0 Å². The Morgan fingerprint density at radius 3 is 2.50 bits per heavy atom. The number of benzene rings is 1. The molecule has 1 saturated heterocycles. The quantitative estimate of drug-likeness (QED) is 0.834. The highest BCUT2D eigenvalue weighted by molar-refractivity contribution is 5.95. The van der Waals surface area contributed by atoms with Crippen LogP contribution in [0.25, 0.3) is 11.3 Å². The van der Waals surface area contributed by atoms with E-state index in [4.69, 9.17) is 14.9 Å². The maximum atomic E-state index is 12.3. The number of carbonyl (C=O) groups excluding carboxylic acids is 1. The van der Waals surface area contributed by atoms with Crippen molar-refractivity contribution in [2.75, 3.05) is 18.5 Å². The molecular weight excluding hydrogens is 354 g/mol. The largest absolute Gasteiger partial charge is 0.440 e. The van der Waals surface area contributed by atoms with Gasteiger partial charge in [-0.2, -0.15) is 0 Å². The molecule has 2 aliphatic rings. The molecule has 1 aromatic heterocycles. The molecule has 26 heavy (non-hydrogen) atoms. The van der Waals surface area contributed by atoms with E-state index < -0.39 is 6.04 Å². The van der Waals surface area contributed by atoms with Crippen molar-refractivity contribution in [2.45, 2.75) is 37.6 Å². The zero-order chi connectivity index (χ0) is 17.2. The molecule has 1 saturated carbocycles. The van der Waals surface area contributed by atoms with Crippen LogP contribution in [0.4, 0.5) is 5.69 Å². The van der Waals surface area contributed by atoms with E-state index in [-0.39, 0.29) is 24.2 Å². The first-order chi connectivity index (χ1) is 12.2. The number of hydrogen-bond acceptors (Lipinski definition) is 5. The molecule has 0 bridgehead atoms. The monoisotopic (exact) mass is 377 g/mol. The predicted molar refractivity (Wildman–Crippen MR) is 101 cm³/mol. The molecule has 1 amide bonds. The van der Waals surface area contributed by atoms with Crippen molar-refractivity contribution in [1.29, 1.82) is 0 Å². The molecule has 1 atom stereocenters. The van der Waals surface area contributed by atoms with E-state index in [1.165, 1.54) is 0 Å². The lowest BCUT2D eigenvalue weighted by atomic mass is 9.92. The van der Waals surface area contributed by atoms with E-state index in [0.717, 1.165) is 48.6 Å². The predicted octanol–water partition coefficient (Wildman–Crippen LogP) is 3.33. The molecule has 140 valence electrons. The number of rotatable bonds is 5. The average molecular weight is 378 g/mol. The first-order valence-corrected chi connectivity index (χ1v) is 8.91.